The highest BCUT2D eigenvalue weighted by Gasteiger charge is 2.12. The molecule has 1 N–H and O–H groups in total. The number of halogens is 1. The number of aromatic nitrogens is 1. The number of pyridine rings is 1. The third-order valence-electron chi connectivity index (χ3n) is 2.07. The second-order valence-corrected chi connectivity index (χ2v) is 2.97. The number of carbonyl (C=O) groups is 1. The Balaban J connectivity index is 3.03. The van der Waals surface area contributed by atoms with Crippen molar-refractivity contribution < 1.29 is 14.3 Å². The predicted octanol–water partition coefficient (Wildman–Crippen LogP) is 1.67. The maximum absolute atomic E-state index is 13.2. The van der Waals surface area contributed by atoms with Crippen LogP contribution in [0.3, 0.4) is 0 Å². The van der Waals surface area contributed by atoms with E-state index in [4.69, 9.17) is 5.11 Å². The van der Waals surface area contributed by atoms with Gasteiger partial charge in [-0.25, -0.2) is 9.36 Å². The maximum Gasteiger partial charge on any atom is 0.418 e. The van der Waals surface area contributed by atoms with Crippen LogP contribution >= 0.6 is 0 Å². The van der Waals surface area contributed by atoms with Gasteiger partial charge in [0.2, 0.25) is 5.95 Å². The Kier molecular flexibility index (Phi) is 2.00. The fourth-order valence-corrected chi connectivity index (χ4v) is 1.44. The molecule has 2 aromatic rings. The molecule has 0 spiro atoms. The molecule has 0 unspecified atom stereocenters. The number of para-hydroxylation sites is 1. The van der Waals surface area contributed by atoms with E-state index in [2.05, 4.69) is 0 Å². The smallest absolute Gasteiger partial charge is 0.418 e. The lowest BCUT2D eigenvalue weighted by molar-refractivity contribution is 0.193. The van der Waals surface area contributed by atoms with Gasteiger partial charge in [0.15, 0.2) is 5.43 Å². The Labute approximate surface area is 83.2 Å². The highest BCUT2D eigenvalue weighted by atomic mass is 19.1. The number of carboxylic acid groups (broad SMARTS) is 1. The van der Waals surface area contributed by atoms with Crippen LogP contribution in [0.4, 0.5) is 9.18 Å². The van der Waals surface area contributed by atoms with Crippen LogP contribution < -0.4 is 5.43 Å². The van der Waals surface area contributed by atoms with E-state index in [-0.39, 0.29) is 10.9 Å². The summed E-state index contributed by atoms with van der Waals surface area (Å²) in [7, 11) is 0. The van der Waals surface area contributed by atoms with Gasteiger partial charge in [0.1, 0.15) is 0 Å². The molecule has 0 radical (unpaired) electrons. The molecule has 0 aliphatic carbocycles. The minimum Gasteiger partial charge on any atom is -0.464 e. The zero-order valence-corrected chi connectivity index (χ0v) is 7.48. The molecule has 0 amide bonds. The van der Waals surface area contributed by atoms with Crippen molar-refractivity contribution in [1.29, 1.82) is 0 Å². The number of rotatable bonds is 0. The lowest BCUT2D eigenvalue weighted by Crippen LogP contribution is -2.18. The molecular weight excluding hydrogens is 201 g/mol. The molecule has 2 rings (SSSR count). The summed E-state index contributed by atoms with van der Waals surface area (Å²) in [6.07, 6.45) is -1.45. The number of benzene rings is 1. The predicted molar refractivity (Wildman–Crippen MR) is 51.6 cm³/mol. The van der Waals surface area contributed by atoms with Crippen molar-refractivity contribution in [3.05, 3.63) is 46.5 Å². The van der Waals surface area contributed by atoms with E-state index in [0.717, 1.165) is 0 Å². The van der Waals surface area contributed by atoms with Gasteiger partial charge in [-0.3, -0.25) is 4.79 Å². The zero-order valence-electron chi connectivity index (χ0n) is 7.48. The molecule has 0 saturated heterocycles. The molecule has 76 valence electrons. The van der Waals surface area contributed by atoms with Gasteiger partial charge in [0.05, 0.1) is 5.52 Å². The van der Waals surface area contributed by atoms with Crippen LogP contribution in [0.5, 0.6) is 0 Å². The van der Waals surface area contributed by atoms with Crippen LogP contribution in [0.1, 0.15) is 0 Å². The monoisotopic (exact) mass is 207 g/mol. The summed E-state index contributed by atoms with van der Waals surface area (Å²) in [6.45, 7) is 0. The Morgan fingerprint density at radius 1 is 1.33 bits per heavy atom. The first kappa shape index (κ1) is 9.39. The van der Waals surface area contributed by atoms with Crippen LogP contribution in [-0.4, -0.2) is 15.8 Å². The van der Waals surface area contributed by atoms with Crippen molar-refractivity contribution in [3.8, 4) is 0 Å². The number of hydrogen-bond donors (Lipinski definition) is 1. The number of nitrogens with zero attached hydrogens (tertiary/aromatic N) is 1. The van der Waals surface area contributed by atoms with Crippen LogP contribution in [-0.2, 0) is 0 Å². The fourth-order valence-electron chi connectivity index (χ4n) is 1.44. The van der Waals surface area contributed by atoms with Crippen LogP contribution in [0.25, 0.3) is 10.9 Å². The van der Waals surface area contributed by atoms with Crippen molar-refractivity contribution in [2.45, 2.75) is 0 Å². The lowest BCUT2D eigenvalue weighted by Gasteiger charge is -2.05. The fraction of sp³-hybridized carbons (Fsp3) is 0. The molecule has 1 aromatic carbocycles. The largest absolute Gasteiger partial charge is 0.464 e. The minimum atomic E-state index is -1.45. The molecule has 0 aliphatic rings. The molecule has 1 heterocycles. The Morgan fingerprint density at radius 3 is 2.67 bits per heavy atom. The van der Waals surface area contributed by atoms with Crippen molar-refractivity contribution in [2.75, 3.05) is 0 Å². The SMILES string of the molecule is O=C(O)n1c(F)cc(=O)c2ccccc21. The quantitative estimate of drug-likeness (QED) is 0.668. The third-order valence-corrected chi connectivity index (χ3v) is 2.07. The first-order valence-corrected chi connectivity index (χ1v) is 4.15. The van der Waals surface area contributed by atoms with Crippen molar-refractivity contribution >= 4 is 17.0 Å². The summed E-state index contributed by atoms with van der Waals surface area (Å²) in [5.41, 5.74) is -0.476. The van der Waals surface area contributed by atoms with Crippen LogP contribution in [0.15, 0.2) is 35.1 Å². The summed E-state index contributed by atoms with van der Waals surface area (Å²) in [5, 5.41) is 8.96. The van der Waals surface area contributed by atoms with E-state index in [9.17, 15) is 14.0 Å². The highest BCUT2D eigenvalue weighted by molar-refractivity contribution is 5.87. The second kappa shape index (κ2) is 3.20. The molecule has 0 bridgehead atoms. The molecule has 5 heteroatoms. The minimum absolute atomic E-state index is 0.0509. The third kappa shape index (κ3) is 1.38. The first-order chi connectivity index (χ1) is 7.11. The molecule has 0 aliphatic heterocycles. The average Bonchev–Trinajstić information content (AvgIpc) is 2.17. The molecule has 15 heavy (non-hydrogen) atoms. The van der Waals surface area contributed by atoms with E-state index in [1.807, 2.05) is 0 Å². The summed E-state index contributed by atoms with van der Waals surface area (Å²) >= 11 is 0. The number of hydrogen-bond acceptors (Lipinski definition) is 2. The highest BCUT2D eigenvalue weighted by Crippen LogP contribution is 2.11. The first-order valence-electron chi connectivity index (χ1n) is 4.15. The van der Waals surface area contributed by atoms with Gasteiger partial charge in [-0.15, -0.1) is 0 Å². The molecular formula is C10H6FNO3. The van der Waals surface area contributed by atoms with Gasteiger partial charge in [0.25, 0.3) is 0 Å². The van der Waals surface area contributed by atoms with Gasteiger partial charge < -0.3 is 5.11 Å². The van der Waals surface area contributed by atoms with E-state index in [0.29, 0.717) is 10.6 Å². The van der Waals surface area contributed by atoms with E-state index in [1.165, 1.54) is 12.1 Å². The average molecular weight is 207 g/mol. The van der Waals surface area contributed by atoms with Crippen LogP contribution in [0.2, 0.25) is 0 Å². The zero-order chi connectivity index (χ0) is 11.0. The molecule has 0 atom stereocenters. The van der Waals surface area contributed by atoms with Crippen LogP contribution in [0, 0.1) is 5.95 Å². The van der Waals surface area contributed by atoms with Gasteiger partial charge in [-0.1, -0.05) is 12.1 Å². The summed E-state index contributed by atoms with van der Waals surface area (Å²) in [4.78, 5) is 22.1. The topological polar surface area (TPSA) is 59.3 Å². The van der Waals surface area contributed by atoms with E-state index >= 15 is 0 Å². The van der Waals surface area contributed by atoms with Gasteiger partial charge >= 0.3 is 6.09 Å². The molecule has 4 nitrogen and oxygen atoms in total. The number of fused-ring (bicyclic) bond motifs is 1. The maximum atomic E-state index is 13.2. The van der Waals surface area contributed by atoms with E-state index < -0.39 is 17.5 Å². The van der Waals surface area contributed by atoms with Gasteiger partial charge in [0, 0.05) is 11.5 Å². The van der Waals surface area contributed by atoms with Gasteiger partial charge in [-0.2, -0.15) is 4.39 Å². The molecule has 0 fully saturated rings. The summed E-state index contributed by atoms with van der Waals surface area (Å²) in [5.74, 6) is -1.08. The molecule has 1 aromatic heterocycles. The second-order valence-electron chi connectivity index (χ2n) is 2.97. The van der Waals surface area contributed by atoms with Crippen molar-refractivity contribution in [1.82, 2.24) is 4.57 Å². The Morgan fingerprint density at radius 2 is 2.00 bits per heavy atom. The van der Waals surface area contributed by atoms with Crippen molar-refractivity contribution in [2.24, 2.45) is 0 Å². The lowest BCUT2D eigenvalue weighted by atomic mass is 10.2. The normalized spacial score (nSPS) is 10.5. The molecule has 0 saturated carbocycles. The van der Waals surface area contributed by atoms with E-state index in [1.54, 1.807) is 12.1 Å². The van der Waals surface area contributed by atoms with Crippen molar-refractivity contribution in [3.63, 3.8) is 0 Å². The Hall–Kier alpha value is -2.17. The Bertz CT molecular complexity index is 603. The summed E-state index contributed by atoms with van der Waals surface area (Å²) in [6, 6.07) is 6.63. The van der Waals surface area contributed by atoms with Gasteiger partial charge in [-0.05, 0) is 12.1 Å². The summed E-state index contributed by atoms with van der Waals surface area (Å²) < 4.78 is 13.7. The standard InChI is InChI=1S/C10H6FNO3/c11-9-5-8(13)6-3-1-2-4-7(6)12(9)10(14)15/h1-5H,(H,14,15).